The molecule has 3 aromatic rings. The van der Waals surface area contributed by atoms with E-state index < -0.39 is 16.1 Å². The van der Waals surface area contributed by atoms with Gasteiger partial charge in [-0.3, -0.25) is 4.79 Å². The molecule has 150 valence electrons. The summed E-state index contributed by atoms with van der Waals surface area (Å²) in [6.45, 7) is 1.90. The van der Waals surface area contributed by atoms with Crippen molar-refractivity contribution in [1.82, 2.24) is 10.0 Å². The van der Waals surface area contributed by atoms with Crippen LogP contribution in [0.25, 0.3) is 0 Å². The molecule has 0 bridgehead atoms. The molecule has 0 aliphatic rings. The topological polar surface area (TPSA) is 75.3 Å². The second kappa shape index (κ2) is 9.49. The van der Waals surface area contributed by atoms with Gasteiger partial charge in [-0.2, -0.15) is 4.72 Å². The van der Waals surface area contributed by atoms with E-state index in [2.05, 4.69) is 10.0 Å². The lowest BCUT2D eigenvalue weighted by atomic mass is 9.91. The van der Waals surface area contributed by atoms with Crippen molar-refractivity contribution in [3.63, 3.8) is 0 Å². The molecule has 0 saturated carbocycles. The average molecular weight is 409 g/mol. The molecule has 5 nitrogen and oxygen atoms in total. The molecule has 0 aliphatic heterocycles. The Bertz CT molecular complexity index is 984. The maximum atomic E-state index is 12.6. The summed E-state index contributed by atoms with van der Waals surface area (Å²) in [7, 11) is -3.76. The van der Waals surface area contributed by atoms with Gasteiger partial charge in [-0.25, -0.2) is 8.42 Å². The van der Waals surface area contributed by atoms with Crippen molar-refractivity contribution in [1.29, 1.82) is 0 Å². The van der Waals surface area contributed by atoms with E-state index in [1.165, 1.54) is 19.1 Å². The maximum absolute atomic E-state index is 12.6. The normalized spacial score (nSPS) is 12.5. The molecule has 29 heavy (non-hydrogen) atoms. The molecular weight excluding hydrogens is 384 g/mol. The molecule has 3 aromatic carbocycles. The van der Waals surface area contributed by atoms with Crippen molar-refractivity contribution in [3.05, 3.63) is 102 Å². The van der Waals surface area contributed by atoms with Crippen molar-refractivity contribution >= 4 is 15.9 Å². The zero-order valence-corrected chi connectivity index (χ0v) is 17.0. The van der Waals surface area contributed by atoms with E-state index >= 15 is 0 Å². The number of nitrogens with one attached hydrogen (secondary N) is 2. The summed E-state index contributed by atoms with van der Waals surface area (Å²) in [6.07, 6.45) is 0. The third-order valence-electron chi connectivity index (χ3n) is 4.66. The molecule has 2 N–H and O–H groups in total. The number of rotatable bonds is 8. The number of amides is 1. The van der Waals surface area contributed by atoms with Gasteiger partial charge in [-0.15, -0.1) is 0 Å². The molecule has 0 fully saturated rings. The zero-order valence-electron chi connectivity index (χ0n) is 16.2. The smallest absolute Gasteiger partial charge is 0.241 e. The van der Waals surface area contributed by atoms with Gasteiger partial charge >= 0.3 is 0 Å². The SMILES string of the molecule is CC(NS(=O)(=O)c1ccccc1)C(=O)NCC(c1ccccc1)c1ccccc1. The van der Waals surface area contributed by atoms with Crippen LogP contribution in [0.3, 0.4) is 0 Å². The van der Waals surface area contributed by atoms with Crippen molar-refractivity contribution in [2.45, 2.75) is 23.8 Å². The summed E-state index contributed by atoms with van der Waals surface area (Å²) in [6, 6.07) is 26.9. The molecule has 0 radical (unpaired) electrons. The van der Waals surface area contributed by atoms with E-state index in [0.717, 1.165) is 11.1 Å². The molecule has 3 rings (SSSR count). The number of hydrogen-bond acceptors (Lipinski definition) is 3. The minimum atomic E-state index is -3.76. The lowest BCUT2D eigenvalue weighted by Gasteiger charge is -2.21. The predicted molar refractivity (Wildman–Crippen MR) is 114 cm³/mol. The maximum Gasteiger partial charge on any atom is 0.241 e. The van der Waals surface area contributed by atoms with Crippen molar-refractivity contribution in [3.8, 4) is 0 Å². The molecule has 0 spiro atoms. The Labute approximate surface area is 171 Å². The monoisotopic (exact) mass is 408 g/mol. The van der Waals surface area contributed by atoms with E-state index in [9.17, 15) is 13.2 Å². The van der Waals surface area contributed by atoms with Gasteiger partial charge in [0.25, 0.3) is 0 Å². The van der Waals surface area contributed by atoms with E-state index in [4.69, 9.17) is 0 Å². The molecule has 1 atom stereocenters. The summed E-state index contributed by atoms with van der Waals surface area (Å²) >= 11 is 0. The molecule has 0 heterocycles. The van der Waals surface area contributed by atoms with Crippen LogP contribution in [0.15, 0.2) is 95.9 Å². The van der Waals surface area contributed by atoms with Gasteiger partial charge in [-0.1, -0.05) is 78.9 Å². The highest BCUT2D eigenvalue weighted by atomic mass is 32.2. The van der Waals surface area contributed by atoms with Crippen LogP contribution in [-0.4, -0.2) is 26.9 Å². The Morgan fingerprint density at radius 1 is 0.793 bits per heavy atom. The number of carbonyl (C=O) groups excluding carboxylic acids is 1. The molecular formula is C23H24N2O3S. The fraction of sp³-hybridized carbons (Fsp3) is 0.174. The molecule has 0 aromatic heterocycles. The van der Waals surface area contributed by atoms with Crippen molar-refractivity contribution in [2.24, 2.45) is 0 Å². The summed E-state index contributed by atoms with van der Waals surface area (Å²) in [4.78, 5) is 12.7. The van der Waals surface area contributed by atoms with Crippen LogP contribution in [0.1, 0.15) is 24.0 Å². The third kappa shape index (κ3) is 5.53. The quantitative estimate of drug-likeness (QED) is 0.601. The summed E-state index contributed by atoms with van der Waals surface area (Å²) in [5.74, 6) is -0.402. The number of hydrogen-bond donors (Lipinski definition) is 2. The number of carbonyl (C=O) groups is 1. The van der Waals surface area contributed by atoms with E-state index in [1.54, 1.807) is 18.2 Å². The fourth-order valence-corrected chi connectivity index (χ4v) is 4.33. The first-order valence-electron chi connectivity index (χ1n) is 9.42. The molecule has 0 saturated heterocycles. The van der Waals surface area contributed by atoms with Gasteiger partial charge in [-0.05, 0) is 30.2 Å². The average Bonchev–Trinajstić information content (AvgIpc) is 2.75. The Hall–Kier alpha value is -2.96. The number of sulfonamides is 1. The second-order valence-corrected chi connectivity index (χ2v) is 8.49. The van der Waals surface area contributed by atoms with Crippen LogP contribution in [0.4, 0.5) is 0 Å². The Morgan fingerprint density at radius 2 is 1.24 bits per heavy atom. The highest BCUT2D eigenvalue weighted by Crippen LogP contribution is 2.23. The van der Waals surface area contributed by atoms with Gasteiger partial charge < -0.3 is 5.32 Å². The third-order valence-corrected chi connectivity index (χ3v) is 6.22. The first-order valence-corrected chi connectivity index (χ1v) is 10.9. The summed E-state index contributed by atoms with van der Waals surface area (Å²) < 4.78 is 27.3. The van der Waals surface area contributed by atoms with E-state index in [-0.39, 0.29) is 16.7 Å². The van der Waals surface area contributed by atoms with Crippen LogP contribution in [0, 0.1) is 0 Å². The van der Waals surface area contributed by atoms with Gasteiger partial charge in [0.15, 0.2) is 0 Å². The highest BCUT2D eigenvalue weighted by molar-refractivity contribution is 7.89. The molecule has 0 aliphatic carbocycles. The first kappa shape index (κ1) is 20.8. The summed E-state index contributed by atoms with van der Waals surface area (Å²) in [5, 5.41) is 2.89. The number of benzene rings is 3. The van der Waals surface area contributed by atoms with Crippen molar-refractivity contribution in [2.75, 3.05) is 6.54 Å². The largest absolute Gasteiger partial charge is 0.354 e. The minimum Gasteiger partial charge on any atom is -0.354 e. The van der Waals surface area contributed by atoms with Gasteiger partial charge in [0, 0.05) is 12.5 Å². The highest BCUT2D eigenvalue weighted by Gasteiger charge is 2.23. The molecule has 1 amide bonds. The standard InChI is InChI=1S/C23H24N2O3S/c1-18(25-29(27,28)21-15-9-4-10-16-21)23(26)24-17-22(19-11-5-2-6-12-19)20-13-7-3-8-14-20/h2-16,18,22,25H,17H2,1H3,(H,24,26). The van der Waals surface area contributed by atoms with Crippen LogP contribution < -0.4 is 10.0 Å². The Morgan fingerprint density at radius 3 is 1.72 bits per heavy atom. The minimum absolute atomic E-state index is 0.0284. The fourth-order valence-electron chi connectivity index (χ4n) is 3.11. The van der Waals surface area contributed by atoms with Gasteiger partial charge in [0.2, 0.25) is 15.9 Å². The van der Waals surface area contributed by atoms with Crippen LogP contribution in [0.5, 0.6) is 0 Å². The molecule has 6 heteroatoms. The van der Waals surface area contributed by atoms with E-state index in [1.807, 2.05) is 60.7 Å². The lowest BCUT2D eigenvalue weighted by molar-refractivity contribution is -0.122. The van der Waals surface area contributed by atoms with Crippen LogP contribution in [0.2, 0.25) is 0 Å². The predicted octanol–water partition coefficient (Wildman–Crippen LogP) is 3.30. The van der Waals surface area contributed by atoms with Crippen LogP contribution >= 0.6 is 0 Å². The first-order chi connectivity index (χ1) is 14.0. The Kier molecular flexibility index (Phi) is 6.80. The lowest BCUT2D eigenvalue weighted by Crippen LogP contribution is -2.45. The summed E-state index contributed by atoms with van der Waals surface area (Å²) in [5.41, 5.74) is 2.16. The van der Waals surface area contributed by atoms with Gasteiger partial charge in [0.1, 0.15) is 0 Å². The second-order valence-electron chi connectivity index (χ2n) is 6.78. The van der Waals surface area contributed by atoms with Gasteiger partial charge in [0.05, 0.1) is 10.9 Å². The van der Waals surface area contributed by atoms with Crippen molar-refractivity contribution < 1.29 is 13.2 Å². The molecule has 1 unspecified atom stereocenters. The Balaban J connectivity index is 1.69. The zero-order chi connectivity index (χ0) is 20.7. The van der Waals surface area contributed by atoms with E-state index in [0.29, 0.717) is 6.54 Å². The van der Waals surface area contributed by atoms with Crippen LogP contribution in [-0.2, 0) is 14.8 Å².